The van der Waals surface area contributed by atoms with Crippen molar-refractivity contribution >= 4 is 10.0 Å². The number of hydrogen-bond acceptors (Lipinski definition) is 4. The van der Waals surface area contributed by atoms with Crippen molar-refractivity contribution in [3.63, 3.8) is 0 Å². The van der Waals surface area contributed by atoms with Gasteiger partial charge >= 0.3 is 0 Å². The number of aryl methyl sites for hydroxylation is 1. The Morgan fingerprint density at radius 1 is 1.30 bits per heavy atom. The standard InChI is InChI=1S/C13H15FN2O3S/c1-10-8-15-13(19-10)6-7-16-20(17,18)9-11-2-4-12(14)5-3-11/h2-5,8,16H,6-7,9H2,1H3. The molecule has 0 bridgehead atoms. The number of benzene rings is 1. The first-order valence-electron chi connectivity index (χ1n) is 6.08. The van der Waals surface area contributed by atoms with Crippen LogP contribution in [0.3, 0.4) is 0 Å². The molecule has 0 radical (unpaired) electrons. The fourth-order valence-corrected chi connectivity index (χ4v) is 2.83. The first-order chi connectivity index (χ1) is 9.44. The van der Waals surface area contributed by atoms with Gasteiger partial charge in [0.1, 0.15) is 11.6 Å². The number of oxazole rings is 1. The third kappa shape index (κ3) is 4.43. The fourth-order valence-electron chi connectivity index (χ4n) is 1.68. The van der Waals surface area contributed by atoms with Crippen LogP contribution in [0.2, 0.25) is 0 Å². The van der Waals surface area contributed by atoms with E-state index in [4.69, 9.17) is 4.42 Å². The van der Waals surface area contributed by atoms with Crippen LogP contribution in [0.15, 0.2) is 34.9 Å². The molecule has 2 rings (SSSR count). The highest BCUT2D eigenvalue weighted by Crippen LogP contribution is 2.07. The smallest absolute Gasteiger partial charge is 0.215 e. The van der Waals surface area contributed by atoms with Crippen molar-refractivity contribution in [3.05, 3.63) is 53.5 Å². The molecular formula is C13H15FN2O3S. The highest BCUT2D eigenvalue weighted by atomic mass is 32.2. The lowest BCUT2D eigenvalue weighted by atomic mass is 10.2. The van der Waals surface area contributed by atoms with Crippen molar-refractivity contribution in [1.82, 2.24) is 9.71 Å². The summed E-state index contributed by atoms with van der Waals surface area (Å²) in [5.74, 6) is 0.609. The van der Waals surface area contributed by atoms with E-state index in [1.54, 1.807) is 13.1 Å². The predicted molar refractivity (Wildman–Crippen MR) is 72.0 cm³/mol. The van der Waals surface area contributed by atoms with Crippen molar-refractivity contribution < 1.29 is 17.2 Å². The van der Waals surface area contributed by atoms with Crippen LogP contribution in [0.4, 0.5) is 4.39 Å². The maximum atomic E-state index is 12.7. The molecule has 1 heterocycles. The summed E-state index contributed by atoms with van der Waals surface area (Å²) < 4.78 is 44.1. The Hall–Kier alpha value is -1.73. The second-order valence-corrected chi connectivity index (χ2v) is 6.20. The molecule has 0 fully saturated rings. The number of nitrogens with one attached hydrogen (secondary N) is 1. The van der Waals surface area contributed by atoms with E-state index < -0.39 is 15.8 Å². The molecule has 0 aliphatic heterocycles. The topological polar surface area (TPSA) is 72.2 Å². The maximum Gasteiger partial charge on any atom is 0.215 e. The van der Waals surface area contributed by atoms with Crippen molar-refractivity contribution in [2.75, 3.05) is 6.54 Å². The number of sulfonamides is 1. The first-order valence-corrected chi connectivity index (χ1v) is 7.73. The lowest BCUT2D eigenvalue weighted by Crippen LogP contribution is -2.27. The van der Waals surface area contributed by atoms with E-state index >= 15 is 0 Å². The molecule has 0 saturated heterocycles. The van der Waals surface area contributed by atoms with Crippen molar-refractivity contribution in [2.45, 2.75) is 19.1 Å². The molecule has 0 unspecified atom stereocenters. The van der Waals surface area contributed by atoms with Crippen LogP contribution in [0.5, 0.6) is 0 Å². The molecule has 0 amide bonds. The molecule has 0 aliphatic rings. The second kappa shape index (κ2) is 6.15. The van der Waals surface area contributed by atoms with Gasteiger partial charge < -0.3 is 4.42 Å². The summed E-state index contributed by atoms with van der Waals surface area (Å²) >= 11 is 0. The summed E-state index contributed by atoms with van der Waals surface area (Å²) in [6.07, 6.45) is 1.97. The van der Waals surface area contributed by atoms with Crippen LogP contribution < -0.4 is 4.72 Å². The highest BCUT2D eigenvalue weighted by molar-refractivity contribution is 7.88. The van der Waals surface area contributed by atoms with Gasteiger partial charge in [0, 0.05) is 13.0 Å². The second-order valence-electron chi connectivity index (χ2n) is 4.39. The van der Waals surface area contributed by atoms with E-state index in [2.05, 4.69) is 9.71 Å². The van der Waals surface area contributed by atoms with Gasteiger partial charge in [-0.3, -0.25) is 0 Å². The van der Waals surface area contributed by atoms with Crippen molar-refractivity contribution in [2.24, 2.45) is 0 Å². The van der Waals surface area contributed by atoms with Crippen LogP contribution >= 0.6 is 0 Å². The van der Waals surface area contributed by atoms with Gasteiger partial charge in [0.25, 0.3) is 0 Å². The van der Waals surface area contributed by atoms with E-state index in [0.717, 1.165) is 0 Å². The van der Waals surface area contributed by atoms with Crippen LogP contribution in [0, 0.1) is 12.7 Å². The monoisotopic (exact) mass is 298 g/mol. The van der Waals surface area contributed by atoms with Crippen molar-refractivity contribution in [3.8, 4) is 0 Å². The number of nitrogens with zero attached hydrogens (tertiary/aromatic N) is 1. The minimum atomic E-state index is -3.45. The lowest BCUT2D eigenvalue weighted by Gasteiger charge is -2.05. The summed E-state index contributed by atoms with van der Waals surface area (Å²) in [6, 6.07) is 5.37. The maximum absolute atomic E-state index is 12.7. The molecule has 1 aromatic heterocycles. The molecule has 7 heteroatoms. The summed E-state index contributed by atoms with van der Waals surface area (Å²) in [6.45, 7) is 1.98. The third-order valence-electron chi connectivity index (χ3n) is 2.60. The minimum absolute atomic E-state index is 0.183. The number of halogens is 1. The lowest BCUT2D eigenvalue weighted by molar-refractivity contribution is 0.469. The van der Waals surface area contributed by atoms with E-state index in [1.807, 2.05) is 0 Å². The number of rotatable bonds is 6. The van der Waals surface area contributed by atoms with Gasteiger partial charge in [0.15, 0.2) is 5.89 Å². The molecule has 0 saturated carbocycles. The molecule has 0 aliphatic carbocycles. The predicted octanol–water partition coefficient (Wildman–Crippen LogP) is 1.78. The Bertz CT molecular complexity index is 665. The SMILES string of the molecule is Cc1cnc(CCNS(=O)(=O)Cc2ccc(F)cc2)o1. The molecule has 0 spiro atoms. The summed E-state index contributed by atoms with van der Waals surface area (Å²) in [7, 11) is -3.45. The zero-order valence-corrected chi connectivity index (χ0v) is 11.8. The molecule has 0 atom stereocenters. The summed E-state index contributed by atoms with van der Waals surface area (Å²) in [5, 5.41) is 0. The average Bonchev–Trinajstić information content (AvgIpc) is 2.77. The molecule has 5 nitrogen and oxygen atoms in total. The van der Waals surface area contributed by atoms with Gasteiger partial charge in [0.05, 0.1) is 11.9 Å². The quantitative estimate of drug-likeness (QED) is 0.882. The van der Waals surface area contributed by atoms with Gasteiger partial charge in [0.2, 0.25) is 10.0 Å². The van der Waals surface area contributed by atoms with Crippen LogP contribution in [-0.4, -0.2) is 19.9 Å². The minimum Gasteiger partial charge on any atom is -0.446 e. The highest BCUT2D eigenvalue weighted by Gasteiger charge is 2.11. The molecule has 1 aromatic carbocycles. The molecular weight excluding hydrogens is 283 g/mol. The zero-order valence-electron chi connectivity index (χ0n) is 11.0. The Kier molecular flexibility index (Phi) is 4.51. The van der Waals surface area contributed by atoms with E-state index in [-0.39, 0.29) is 12.3 Å². The van der Waals surface area contributed by atoms with Gasteiger partial charge in [-0.1, -0.05) is 12.1 Å². The largest absolute Gasteiger partial charge is 0.446 e. The molecule has 1 N–H and O–H groups in total. The van der Waals surface area contributed by atoms with E-state index in [1.165, 1.54) is 24.3 Å². The van der Waals surface area contributed by atoms with Crippen LogP contribution in [0.1, 0.15) is 17.2 Å². The zero-order chi connectivity index (χ0) is 14.6. The van der Waals surface area contributed by atoms with Gasteiger partial charge in [-0.15, -0.1) is 0 Å². The van der Waals surface area contributed by atoms with E-state index in [9.17, 15) is 12.8 Å². The third-order valence-corrected chi connectivity index (χ3v) is 3.96. The van der Waals surface area contributed by atoms with Crippen LogP contribution in [0.25, 0.3) is 0 Å². The Labute approximate surface area is 116 Å². The van der Waals surface area contributed by atoms with Gasteiger partial charge in [-0.25, -0.2) is 22.5 Å². The average molecular weight is 298 g/mol. The normalized spacial score (nSPS) is 11.7. The van der Waals surface area contributed by atoms with Gasteiger partial charge in [-0.2, -0.15) is 0 Å². The summed E-state index contributed by atoms with van der Waals surface area (Å²) in [4.78, 5) is 3.99. The molecule has 20 heavy (non-hydrogen) atoms. The molecule has 2 aromatic rings. The van der Waals surface area contributed by atoms with Crippen LogP contribution in [-0.2, 0) is 22.2 Å². The van der Waals surface area contributed by atoms with Gasteiger partial charge in [-0.05, 0) is 24.6 Å². The van der Waals surface area contributed by atoms with Crippen molar-refractivity contribution in [1.29, 1.82) is 0 Å². The van der Waals surface area contributed by atoms with E-state index in [0.29, 0.717) is 23.6 Å². The molecule has 108 valence electrons. The first kappa shape index (κ1) is 14.7. The Morgan fingerprint density at radius 3 is 2.60 bits per heavy atom. The summed E-state index contributed by atoms with van der Waals surface area (Å²) in [5.41, 5.74) is 0.533. The number of aromatic nitrogens is 1. The Morgan fingerprint density at radius 2 is 2.00 bits per heavy atom. The fraction of sp³-hybridized carbons (Fsp3) is 0.308. The Balaban J connectivity index is 1.86. The number of hydrogen-bond donors (Lipinski definition) is 1.